The molecule has 12 heteroatoms. The molecule has 0 atom stereocenters. The zero-order valence-electron chi connectivity index (χ0n) is 21.0. The summed E-state index contributed by atoms with van der Waals surface area (Å²) in [5.41, 5.74) is -0.833. The molecular formula is C26H30ClF3N2O5S. The molecule has 2 fully saturated rings. The second-order valence-electron chi connectivity index (χ2n) is 9.80. The van der Waals surface area contributed by atoms with Gasteiger partial charge in [-0.3, -0.25) is 4.79 Å². The maximum absolute atomic E-state index is 13.2. The minimum absolute atomic E-state index is 0.0535. The van der Waals surface area contributed by atoms with Gasteiger partial charge >= 0.3 is 6.18 Å². The van der Waals surface area contributed by atoms with Gasteiger partial charge in [0.2, 0.25) is 15.9 Å². The molecule has 208 valence electrons. The summed E-state index contributed by atoms with van der Waals surface area (Å²) >= 11 is 6.11. The van der Waals surface area contributed by atoms with E-state index in [0.29, 0.717) is 56.0 Å². The first kappa shape index (κ1) is 28.7. The second-order valence-corrected chi connectivity index (χ2v) is 12.1. The van der Waals surface area contributed by atoms with Gasteiger partial charge < -0.3 is 14.4 Å². The van der Waals surface area contributed by atoms with E-state index in [-0.39, 0.29) is 32.0 Å². The summed E-state index contributed by atoms with van der Waals surface area (Å²) in [6, 6.07) is 9.01. The molecule has 2 aromatic carbocycles. The van der Waals surface area contributed by atoms with Crippen LogP contribution >= 0.6 is 11.6 Å². The first-order valence-electron chi connectivity index (χ1n) is 12.3. The molecule has 0 unspecified atom stereocenters. The SMILES string of the molecule is Cc1cc(OCC2(CC(=O)N3CCOCC3)CCN(S(=O)(=O)c3cccc(C(F)(F)F)c3)CC2)ccc1Cl. The van der Waals surface area contributed by atoms with Gasteiger partial charge in [0.05, 0.1) is 30.3 Å². The monoisotopic (exact) mass is 574 g/mol. The molecule has 38 heavy (non-hydrogen) atoms. The maximum atomic E-state index is 13.2. The number of halogens is 4. The van der Waals surface area contributed by atoms with Crippen molar-refractivity contribution in [3.63, 3.8) is 0 Å². The largest absolute Gasteiger partial charge is 0.493 e. The Labute approximate surface area is 225 Å². The van der Waals surface area contributed by atoms with Gasteiger partial charge in [0, 0.05) is 43.0 Å². The Balaban J connectivity index is 1.52. The zero-order chi connectivity index (χ0) is 27.6. The second kappa shape index (κ2) is 11.4. The van der Waals surface area contributed by atoms with Gasteiger partial charge in [-0.1, -0.05) is 17.7 Å². The summed E-state index contributed by atoms with van der Waals surface area (Å²) in [5.74, 6) is 0.530. The number of amides is 1. The van der Waals surface area contributed by atoms with Crippen LogP contribution in [-0.2, 0) is 25.7 Å². The lowest BCUT2D eigenvalue weighted by molar-refractivity contribution is -0.139. The van der Waals surface area contributed by atoms with Crippen molar-refractivity contribution in [1.29, 1.82) is 0 Å². The van der Waals surface area contributed by atoms with E-state index in [4.69, 9.17) is 21.1 Å². The highest BCUT2D eigenvalue weighted by Crippen LogP contribution is 2.39. The van der Waals surface area contributed by atoms with E-state index in [1.54, 1.807) is 23.1 Å². The summed E-state index contributed by atoms with van der Waals surface area (Å²) in [4.78, 5) is 14.5. The number of rotatable bonds is 7. The van der Waals surface area contributed by atoms with Crippen LogP contribution in [0.25, 0.3) is 0 Å². The van der Waals surface area contributed by atoms with E-state index < -0.39 is 32.1 Å². The molecule has 2 aliphatic rings. The molecule has 0 aliphatic carbocycles. The Morgan fingerprint density at radius 3 is 2.39 bits per heavy atom. The van der Waals surface area contributed by atoms with Crippen LogP contribution in [0.2, 0.25) is 5.02 Å². The number of hydrogen-bond acceptors (Lipinski definition) is 5. The highest BCUT2D eigenvalue weighted by atomic mass is 35.5. The first-order chi connectivity index (χ1) is 17.9. The van der Waals surface area contributed by atoms with Crippen LogP contribution in [-0.4, -0.2) is 69.5 Å². The number of benzene rings is 2. The fourth-order valence-corrected chi connectivity index (χ4v) is 6.35. The average molecular weight is 575 g/mol. The Morgan fingerprint density at radius 2 is 1.76 bits per heavy atom. The van der Waals surface area contributed by atoms with E-state index in [1.165, 1.54) is 10.4 Å². The molecule has 0 bridgehead atoms. The van der Waals surface area contributed by atoms with Crippen molar-refractivity contribution >= 4 is 27.5 Å². The maximum Gasteiger partial charge on any atom is 0.416 e. The molecule has 2 heterocycles. The van der Waals surface area contributed by atoms with Crippen molar-refractivity contribution in [2.24, 2.45) is 5.41 Å². The van der Waals surface area contributed by atoms with Gasteiger partial charge in [-0.2, -0.15) is 17.5 Å². The number of nitrogens with zero attached hydrogens (tertiary/aromatic N) is 2. The lowest BCUT2D eigenvalue weighted by atomic mass is 9.76. The molecule has 0 saturated carbocycles. The molecule has 7 nitrogen and oxygen atoms in total. The Morgan fingerprint density at radius 1 is 1.08 bits per heavy atom. The lowest BCUT2D eigenvalue weighted by Crippen LogP contribution is -2.49. The fourth-order valence-electron chi connectivity index (χ4n) is 4.74. The van der Waals surface area contributed by atoms with Crippen molar-refractivity contribution in [3.05, 3.63) is 58.6 Å². The van der Waals surface area contributed by atoms with E-state index in [1.807, 2.05) is 6.92 Å². The number of sulfonamides is 1. The van der Waals surface area contributed by atoms with Crippen molar-refractivity contribution < 1.29 is 35.9 Å². The number of piperidine rings is 1. The molecule has 0 radical (unpaired) electrons. The van der Waals surface area contributed by atoms with E-state index >= 15 is 0 Å². The van der Waals surface area contributed by atoms with Crippen molar-refractivity contribution in [3.8, 4) is 5.75 Å². The van der Waals surface area contributed by atoms with Crippen molar-refractivity contribution in [1.82, 2.24) is 9.21 Å². The molecule has 0 aromatic heterocycles. The number of ether oxygens (including phenoxy) is 2. The molecular weight excluding hydrogens is 545 g/mol. The predicted octanol–water partition coefficient (Wildman–Crippen LogP) is 4.77. The number of morpholine rings is 1. The number of aryl methyl sites for hydroxylation is 1. The summed E-state index contributed by atoms with van der Waals surface area (Å²) < 4.78 is 78.6. The number of carbonyl (C=O) groups is 1. The van der Waals surface area contributed by atoms with E-state index in [9.17, 15) is 26.4 Å². The van der Waals surface area contributed by atoms with Gasteiger partial charge in [-0.05, 0) is 61.7 Å². The highest BCUT2D eigenvalue weighted by molar-refractivity contribution is 7.89. The van der Waals surface area contributed by atoms with Gasteiger partial charge in [0.15, 0.2) is 0 Å². The van der Waals surface area contributed by atoms with Crippen LogP contribution in [0.3, 0.4) is 0 Å². The van der Waals surface area contributed by atoms with Gasteiger partial charge in [-0.25, -0.2) is 8.42 Å². The minimum atomic E-state index is -4.65. The van der Waals surface area contributed by atoms with Gasteiger partial charge in [0.25, 0.3) is 0 Å². The van der Waals surface area contributed by atoms with Crippen LogP contribution < -0.4 is 4.74 Å². The molecule has 2 aliphatic heterocycles. The normalized spacial score (nSPS) is 18.8. The fraction of sp³-hybridized carbons (Fsp3) is 0.500. The third-order valence-corrected chi connectivity index (χ3v) is 9.47. The Hall–Kier alpha value is -2.34. The molecule has 0 spiro atoms. The molecule has 4 rings (SSSR count). The predicted molar refractivity (Wildman–Crippen MR) is 136 cm³/mol. The zero-order valence-corrected chi connectivity index (χ0v) is 22.5. The molecule has 0 N–H and O–H groups in total. The van der Waals surface area contributed by atoms with Crippen molar-refractivity contribution in [2.75, 3.05) is 46.0 Å². The Bertz CT molecular complexity index is 1260. The van der Waals surface area contributed by atoms with Crippen LogP contribution in [0, 0.1) is 12.3 Å². The van der Waals surface area contributed by atoms with Crippen molar-refractivity contribution in [2.45, 2.75) is 37.3 Å². The molecule has 2 saturated heterocycles. The van der Waals surface area contributed by atoms with Crippen LogP contribution in [0.5, 0.6) is 5.75 Å². The van der Waals surface area contributed by atoms with E-state index in [2.05, 4.69) is 0 Å². The first-order valence-corrected chi connectivity index (χ1v) is 14.1. The highest BCUT2D eigenvalue weighted by Gasteiger charge is 2.42. The van der Waals surface area contributed by atoms with E-state index in [0.717, 1.165) is 17.7 Å². The van der Waals surface area contributed by atoms with Crippen LogP contribution in [0.15, 0.2) is 47.4 Å². The summed E-state index contributed by atoms with van der Waals surface area (Å²) in [5, 5.41) is 0.600. The standard InChI is InChI=1S/C26H30ClF3N2O5S/c1-19-15-21(5-6-23(19)27)37-18-25(17-24(33)31-11-13-36-14-12-31)7-9-32(10-8-25)38(34,35)22-4-2-3-20(16-22)26(28,29)30/h2-6,15-16H,7-14,17-18H2,1H3. The minimum Gasteiger partial charge on any atom is -0.493 e. The topological polar surface area (TPSA) is 76.2 Å². The average Bonchev–Trinajstić information content (AvgIpc) is 2.90. The van der Waals surface area contributed by atoms with Crippen LogP contribution in [0.4, 0.5) is 13.2 Å². The quantitative estimate of drug-likeness (QED) is 0.476. The lowest BCUT2D eigenvalue weighted by Gasteiger charge is -2.42. The third kappa shape index (κ3) is 6.62. The number of hydrogen-bond donors (Lipinski definition) is 0. The number of carbonyl (C=O) groups excluding carboxylic acids is 1. The molecule has 1 amide bonds. The van der Waals surface area contributed by atoms with Gasteiger partial charge in [0.1, 0.15) is 5.75 Å². The van der Waals surface area contributed by atoms with Gasteiger partial charge in [-0.15, -0.1) is 0 Å². The molecule has 2 aromatic rings. The summed E-state index contributed by atoms with van der Waals surface area (Å²) in [6.45, 7) is 4.04. The number of alkyl halides is 3. The van der Waals surface area contributed by atoms with Crippen LogP contribution in [0.1, 0.15) is 30.4 Å². The smallest absolute Gasteiger partial charge is 0.416 e. The third-order valence-electron chi connectivity index (χ3n) is 7.15. The summed E-state index contributed by atoms with van der Waals surface area (Å²) in [7, 11) is -4.16. The Kier molecular flexibility index (Phi) is 8.61. The summed E-state index contributed by atoms with van der Waals surface area (Å²) in [6.07, 6.45) is -3.86.